The Bertz CT molecular complexity index is 306. The first-order chi connectivity index (χ1) is 7.77. The fourth-order valence-electron chi connectivity index (χ4n) is 1.46. The van der Waals surface area contributed by atoms with Crippen molar-refractivity contribution in [3.05, 3.63) is 62.1 Å². The summed E-state index contributed by atoms with van der Waals surface area (Å²) >= 11 is 0. The lowest BCUT2D eigenvalue weighted by Gasteiger charge is -2.13. The Morgan fingerprint density at radius 3 is 2.69 bits per heavy atom. The maximum Gasteiger partial charge on any atom is 0.309 e. The number of rotatable bonds is 6. The number of unbranched alkanes of at least 4 members (excludes halogenated alkanes) is 1. The maximum atomic E-state index is 11.5. The number of methoxy groups -OCH3 is 1. The molecule has 0 unspecified atom stereocenters. The number of ether oxygens (including phenoxy) is 1. The molecule has 1 aromatic rings. The molecule has 0 spiro atoms. The molecule has 16 heavy (non-hydrogen) atoms. The zero-order valence-corrected chi connectivity index (χ0v) is 9.43. The third kappa shape index (κ3) is 4.05. The molecule has 2 nitrogen and oxygen atoms in total. The molecule has 0 amide bonds. The molecule has 0 fully saturated rings. The molecule has 0 aliphatic heterocycles. The average Bonchev–Trinajstić information content (AvgIpc) is 2.34. The van der Waals surface area contributed by atoms with Gasteiger partial charge in [-0.15, -0.1) is 0 Å². The molecule has 0 bridgehead atoms. The van der Waals surface area contributed by atoms with Crippen LogP contribution >= 0.6 is 0 Å². The van der Waals surface area contributed by atoms with E-state index in [0.717, 1.165) is 5.56 Å². The van der Waals surface area contributed by atoms with E-state index >= 15 is 0 Å². The van der Waals surface area contributed by atoms with E-state index in [4.69, 9.17) is 4.74 Å². The third-order valence-electron chi connectivity index (χ3n) is 2.28. The van der Waals surface area contributed by atoms with Gasteiger partial charge in [-0.2, -0.15) is 0 Å². The Labute approximate surface area is 97.6 Å². The van der Waals surface area contributed by atoms with Gasteiger partial charge in [0.1, 0.15) is 0 Å². The van der Waals surface area contributed by atoms with Crippen molar-refractivity contribution in [2.75, 3.05) is 7.11 Å². The summed E-state index contributed by atoms with van der Waals surface area (Å²) < 4.78 is 4.76. The molecule has 1 rings (SSSR count). The van der Waals surface area contributed by atoms with Crippen LogP contribution in [-0.2, 0) is 16.0 Å². The minimum atomic E-state index is -0.245. The van der Waals surface area contributed by atoms with Crippen molar-refractivity contribution in [2.45, 2.75) is 6.42 Å². The summed E-state index contributed by atoms with van der Waals surface area (Å²) in [7, 11) is 1.40. The molecule has 0 saturated heterocycles. The smallest absolute Gasteiger partial charge is 0.309 e. The molecule has 4 radical (unpaired) electrons. The van der Waals surface area contributed by atoms with Gasteiger partial charge in [0.15, 0.2) is 0 Å². The molecule has 0 N–H and O–H groups in total. The quantitative estimate of drug-likeness (QED) is 0.683. The summed E-state index contributed by atoms with van der Waals surface area (Å²) in [6.45, 7) is 3.59. The van der Waals surface area contributed by atoms with Gasteiger partial charge in [-0.3, -0.25) is 4.79 Å². The highest BCUT2D eigenvalue weighted by atomic mass is 16.5. The van der Waals surface area contributed by atoms with Gasteiger partial charge in [0, 0.05) is 0 Å². The van der Waals surface area contributed by atoms with Gasteiger partial charge in [-0.05, 0) is 38.2 Å². The van der Waals surface area contributed by atoms with Crippen LogP contribution in [0.15, 0.2) is 30.3 Å². The number of carbonyl (C=O) groups excluding carboxylic acids is 1. The number of hydrogen-bond donors (Lipinski definition) is 0. The van der Waals surface area contributed by atoms with Gasteiger partial charge in [0.25, 0.3) is 0 Å². The lowest BCUT2D eigenvalue weighted by Crippen LogP contribution is -2.19. The zero-order valence-electron chi connectivity index (χ0n) is 9.43. The molecule has 0 saturated carbocycles. The van der Waals surface area contributed by atoms with E-state index < -0.39 is 0 Å². The number of esters is 1. The van der Waals surface area contributed by atoms with E-state index in [-0.39, 0.29) is 11.9 Å². The fourth-order valence-corrected chi connectivity index (χ4v) is 1.46. The second kappa shape index (κ2) is 7.04. The zero-order chi connectivity index (χ0) is 11.8. The highest BCUT2D eigenvalue weighted by Gasteiger charge is 2.19. The minimum absolute atomic E-state index is 0.220. The summed E-state index contributed by atoms with van der Waals surface area (Å²) in [4.78, 5) is 11.5. The highest BCUT2D eigenvalue weighted by molar-refractivity contribution is 5.74. The molecular weight excluding hydrogens is 200 g/mol. The lowest BCUT2D eigenvalue weighted by molar-refractivity contribution is -0.144. The minimum Gasteiger partial charge on any atom is -0.469 e. The molecule has 2 heteroatoms. The van der Waals surface area contributed by atoms with E-state index in [0.29, 0.717) is 6.42 Å². The van der Waals surface area contributed by atoms with Gasteiger partial charge < -0.3 is 4.74 Å². The summed E-state index contributed by atoms with van der Waals surface area (Å²) in [6.07, 6.45) is 5.88. The largest absolute Gasteiger partial charge is 0.469 e. The van der Waals surface area contributed by atoms with Crippen molar-refractivity contribution >= 4 is 5.97 Å². The molecule has 84 valence electrons. The molecule has 0 aromatic heterocycles. The van der Waals surface area contributed by atoms with Crippen LogP contribution < -0.4 is 0 Å². The first-order valence-corrected chi connectivity index (χ1v) is 5.19. The van der Waals surface area contributed by atoms with Crippen LogP contribution in [0.4, 0.5) is 0 Å². The number of benzene rings is 1. The Morgan fingerprint density at radius 1 is 1.44 bits per heavy atom. The molecule has 1 aromatic carbocycles. The molecule has 1 atom stereocenters. The summed E-state index contributed by atoms with van der Waals surface area (Å²) in [5.41, 5.74) is 1.12. The van der Waals surface area contributed by atoms with Crippen LogP contribution in [0.2, 0.25) is 0 Å². The van der Waals surface area contributed by atoms with Crippen LogP contribution in [0.25, 0.3) is 0 Å². The lowest BCUT2D eigenvalue weighted by atomic mass is 9.94. The first kappa shape index (κ1) is 12.8. The van der Waals surface area contributed by atoms with Gasteiger partial charge in [0.05, 0.1) is 13.0 Å². The van der Waals surface area contributed by atoms with Crippen molar-refractivity contribution in [1.29, 1.82) is 0 Å². The molecule has 0 heterocycles. The third-order valence-corrected chi connectivity index (χ3v) is 2.28. The highest BCUT2D eigenvalue weighted by Crippen LogP contribution is 2.15. The average molecular weight is 216 g/mol. The monoisotopic (exact) mass is 216 g/mol. The Balaban J connectivity index is 2.59. The fraction of sp³-hybridized carbons (Fsp3) is 0.214. The Hall–Kier alpha value is -1.31. The first-order valence-electron chi connectivity index (χ1n) is 5.19. The van der Waals surface area contributed by atoms with E-state index in [1.165, 1.54) is 7.11 Å². The normalized spacial score (nSPS) is 12.1. The van der Waals surface area contributed by atoms with Gasteiger partial charge in [-0.25, -0.2) is 0 Å². The van der Waals surface area contributed by atoms with E-state index in [1.807, 2.05) is 36.8 Å². The van der Waals surface area contributed by atoms with Gasteiger partial charge in [0.2, 0.25) is 0 Å². The van der Waals surface area contributed by atoms with Crippen molar-refractivity contribution in [1.82, 2.24) is 0 Å². The summed E-state index contributed by atoms with van der Waals surface area (Å²) in [5, 5.41) is 0. The van der Waals surface area contributed by atoms with E-state index in [9.17, 15) is 4.79 Å². The standard InChI is InChI=1S/C14H16O2/c1-3-4-10-13(14(15)16-2)11-12-8-6-5-7-9-12/h3-10,13H,1,11H2,2H3/t13-/m1/s1. The Morgan fingerprint density at radius 2 is 2.12 bits per heavy atom. The van der Waals surface area contributed by atoms with Crippen LogP contribution in [-0.4, -0.2) is 13.1 Å². The second-order valence-corrected chi connectivity index (χ2v) is 3.44. The molecular formula is C14H16O2. The van der Waals surface area contributed by atoms with Crippen molar-refractivity contribution < 1.29 is 9.53 Å². The molecule has 0 aliphatic rings. The summed E-state index contributed by atoms with van der Waals surface area (Å²) in [5.74, 6) is -0.465. The topological polar surface area (TPSA) is 26.3 Å². The van der Waals surface area contributed by atoms with E-state index in [1.54, 1.807) is 12.8 Å². The predicted molar refractivity (Wildman–Crippen MR) is 63.9 cm³/mol. The molecule has 0 aliphatic carbocycles. The SMILES string of the molecule is [CH2][CH][CH][CH][C@H](Cc1ccccc1)C(=O)OC. The van der Waals surface area contributed by atoms with Crippen LogP contribution in [0.1, 0.15) is 5.56 Å². The second-order valence-electron chi connectivity index (χ2n) is 3.44. The van der Waals surface area contributed by atoms with E-state index in [2.05, 4.69) is 6.92 Å². The van der Waals surface area contributed by atoms with Crippen molar-refractivity contribution in [3.63, 3.8) is 0 Å². The van der Waals surface area contributed by atoms with Crippen molar-refractivity contribution in [3.8, 4) is 0 Å². The maximum absolute atomic E-state index is 11.5. The number of carbonyl (C=O) groups is 1. The van der Waals surface area contributed by atoms with Crippen LogP contribution in [0, 0.1) is 32.1 Å². The predicted octanol–water partition coefficient (Wildman–Crippen LogP) is 2.47. The van der Waals surface area contributed by atoms with Gasteiger partial charge >= 0.3 is 5.97 Å². The van der Waals surface area contributed by atoms with Gasteiger partial charge in [-0.1, -0.05) is 30.3 Å². The number of hydrogen-bond acceptors (Lipinski definition) is 2. The van der Waals surface area contributed by atoms with Crippen LogP contribution in [0.5, 0.6) is 0 Å². The van der Waals surface area contributed by atoms with Crippen molar-refractivity contribution in [2.24, 2.45) is 5.92 Å². The van der Waals surface area contributed by atoms with Crippen LogP contribution in [0.3, 0.4) is 0 Å². The summed E-state index contributed by atoms with van der Waals surface area (Å²) in [6, 6.07) is 9.87. The Kier molecular flexibility index (Phi) is 5.62.